The topological polar surface area (TPSA) is 309 Å². The van der Waals surface area contributed by atoms with Crippen LogP contribution < -0.4 is 43.8 Å². The molecule has 1 aliphatic rings. The second-order valence-corrected chi connectivity index (χ2v) is 16.8. The Labute approximate surface area is 353 Å². The van der Waals surface area contributed by atoms with Crippen molar-refractivity contribution < 1.29 is 39.0 Å². The van der Waals surface area contributed by atoms with Gasteiger partial charge in [-0.1, -0.05) is 53.7 Å². The van der Waals surface area contributed by atoms with Crippen LogP contribution in [0.1, 0.15) is 99.0 Å². The highest BCUT2D eigenvalue weighted by molar-refractivity contribution is 5.96. The second-order valence-electron chi connectivity index (χ2n) is 16.8. The molecular formula is C41H69N11O8. The molecule has 1 fully saturated rings. The smallest absolute Gasteiger partial charge is 0.326 e. The molecule has 13 N–H and O–H groups in total. The summed E-state index contributed by atoms with van der Waals surface area (Å²) in [4.78, 5) is 91.2. The number of guanidine groups is 2. The third kappa shape index (κ3) is 17.3. The van der Waals surface area contributed by atoms with Gasteiger partial charge in [-0.3, -0.25) is 34.0 Å². The molecule has 1 aliphatic heterocycles. The van der Waals surface area contributed by atoms with Crippen LogP contribution in [0.25, 0.3) is 0 Å². The fraction of sp³-hybridized carbons (Fsp3) is 0.659. The van der Waals surface area contributed by atoms with E-state index in [2.05, 4.69) is 36.6 Å². The number of aromatic hydroxyl groups is 1. The van der Waals surface area contributed by atoms with Gasteiger partial charge >= 0.3 is 5.97 Å². The Morgan fingerprint density at radius 3 is 2.03 bits per heavy atom. The maximum Gasteiger partial charge on any atom is 0.326 e. The molecule has 1 aromatic carbocycles. The molecule has 0 saturated carbocycles. The van der Waals surface area contributed by atoms with Gasteiger partial charge in [-0.2, -0.15) is 0 Å². The van der Waals surface area contributed by atoms with Crippen LogP contribution in [0.5, 0.6) is 5.75 Å². The highest BCUT2D eigenvalue weighted by Gasteiger charge is 2.41. The number of nitrogens with zero attached hydrogens (tertiary/aromatic N) is 3. The first-order valence-corrected chi connectivity index (χ1v) is 20.8. The van der Waals surface area contributed by atoms with Gasteiger partial charge in [0.25, 0.3) is 0 Å². The molecule has 0 aromatic heterocycles. The highest BCUT2D eigenvalue weighted by atomic mass is 16.4. The number of amides is 5. The Morgan fingerprint density at radius 1 is 0.833 bits per heavy atom. The molecule has 6 atom stereocenters. The van der Waals surface area contributed by atoms with Gasteiger partial charge in [0.15, 0.2) is 11.9 Å². The number of carbonyl (C=O) groups excluding carboxylic acids is 5. The molecule has 1 saturated heterocycles. The minimum atomic E-state index is -1.25. The average Bonchev–Trinajstić information content (AvgIpc) is 3.66. The van der Waals surface area contributed by atoms with Crippen LogP contribution in [-0.4, -0.2) is 119 Å². The summed E-state index contributed by atoms with van der Waals surface area (Å²) >= 11 is 0. The zero-order chi connectivity index (χ0) is 45.2. The quantitative estimate of drug-likeness (QED) is 0.0408. The number of carboxylic acid groups (broad SMARTS) is 1. The van der Waals surface area contributed by atoms with Crippen LogP contribution in [0.4, 0.5) is 0 Å². The van der Waals surface area contributed by atoms with Crippen molar-refractivity contribution in [2.45, 2.75) is 130 Å². The van der Waals surface area contributed by atoms with Crippen LogP contribution in [-0.2, 0) is 35.2 Å². The van der Waals surface area contributed by atoms with E-state index < -0.39 is 71.1 Å². The molecule has 2 rings (SSSR count). The normalized spacial score (nSPS) is 16.8. The molecule has 0 radical (unpaired) electrons. The van der Waals surface area contributed by atoms with E-state index in [1.54, 1.807) is 39.8 Å². The highest BCUT2D eigenvalue weighted by Crippen LogP contribution is 2.23. The van der Waals surface area contributed by atoms with Gasteiger partial charge in [0, 0.05) is 38.5 Å². The molecule has 0 bridgehead atoms. The van der Waals surface area contributed by atoms with Gasteiger partial charge in [0.05, 0.1) is 0 Å². The predicted octanol–water partition coefficient (Wildman–Crippen LogP) is 0.436. The molecule has 0 unspecified atom stereocenters. The first-order valence-electron chi connectivity index (χ1n) is 20.8. The molecule has 5 amide bonds. The Balaban J connectivity index is 2.35. The summed E-state index contributed by atoms with van der Waals surface area (Å²) in [6.45, 7) is 14.0. The monoisotopic (exact) mass is 844 g/mol. The number of aliphatic carboxylic acids is 1. The lowest BCUT2D eigenvalue weighted by atomic mass is 9.85. The number of nitrogens with one attached hydrogen (secondary N) is 5. The van der Waals surface area contributed by atoms with E-state index in [4.69, 9.17) is 17.2 Å². The van der Waals surface area contributed by atoms with Crippen LogP contribution >= 0.6 is 0 Å². The minimum Gasteiger partial charge on any atom is -0.508 e. The van der Waals surface area contributed by atoms with Crippen LogP contribution in [0.15, 0.2) is 34.3 Å². The third-order valence-corrected chi connectivity index (χ3v) is 10.0. The summed E-state index contributed by atoms with van der Waals surface area (Å²) in [5.74, 6) is -4.35. The van der Waals surface area contributed by atoms with Gasteiger partial charge in [0.1, 0.15) is 36.0 Å². The number of phenolic OH excluding ortho intramolecular Hbond substituents is 1. The van der Waals surface area contributed by atoms with Crippen molar-refractivity contribution in [2.75, 3.05) is 26.2 Å². The number of hydrogen-bond acceptors (Lipinski definition) is 9. The van der Waals surface area contributed by atoms with Crippen molar-refractivity contribution in [3.8, 4) is 5.75 Å². The lowest BCUT2D eigenvalue weighted by Crippen LogP contribution is -2.61. The number of rotatable bonds is 23. The summed E-state index contributed by atoms with van der Waals surface area (Å²) in [5.41, 5.74) is 16.5. The summed E-state index contributed by atoms with van der Waals surface area (Å²) in [5, 5.41) is 33.6. The first-order chi connectivity index (χ1) is 28.1. The Kier molecular flexibility index (Phi) is 20.6. The Bertz CT molecular complexity index is 1660. The molecule has 0 aliphatic carbocycles. The standard InChI is InChI=1S/C41H69N11O8/c1-8-45-40(44)47-20-9-12-25(4)33(54)48-28(13-10-19-46-39(42)43)37(58)52-21-11-14-31(52)35(56)49-29(23-26-15-17-27(53)18-16-26)34(55)51-32(41(5,6)7)36(57)50-30(38(59)60)22-24(2)3/h15-18,24-25,28-32,53H,8-14,19-23H2,1-7H3,(H,48,54)(H,49,56)(H,50,57)(H,51,55)(H,59,60)(H4,42,43,46)(H3,44,45,47)/t25-,28-,29-,30-,31-,32+/m0/s1. The lowest BCUT2D eigenvalue weighted by Gasteiger charge is -2.33. The fourth-order valence-electron chi connectivity index (χ4n) is 6.75. The molecule has 19 nitrogen and oxygen atoms in total. The van der Waals surface area contributed by atoms with Gasteiger partial charge in [-0.05, 0) is 80.9 Å². The van der Waals surface area contributed by atoms with E-state index in [1.165, 1.54) is 17.0 Å². The van der Waals surface area contributed by atoms with E-state index in [-0.39, 0.29) is 62.3 Å². The number of benzene rings is 1. The number of hydrogen-bond donors (Lipinski definition) is 10. The molecule has 0 spiro atoms. The molecular weight excluding hydrogens is 775 g/mol. The number of likely N-dealkylation sites (tertiary alicyclic amines) is 1. The van der Waals surface area contributed by atoms with Crippen molar-refractivity contribution in [3.05, 3.63) is 29.8 Å². The second kappa shape index (κ2) is 24.5. The number of aliphatic imine (C=N–C) groups is 2. The Hall–Kier alpha value is -5.62. The zero-order valence-electron chi connectivity index (χ0n) is 36.3. The van der Waals surface area contributed by atoms with Crippen molar-refractivity contribution in [2.24, 2.45) is 44.4 Å². The number of nitrogens with two attached hydrogens (primary N) is 3. The van der Waals surface area contributed by atoms with E-state index in [0.717, 1.165) is 0 Å². The third-order valence-electron chi connectivity index (χ3n) is 10.0. The predicted molar refractivity (Wildman–Crippen MR) is 229 cm³/mol. The van der Waals surface area contributed by atoms with Crippen LogP contribution in [0.2, 0.25) is 0 Å². The zero-order valence-corrected chi connectivity index (χ0v) is 36.3. The number of phenols is 1. The Morgan fingerprint density at radius 2 is 1.45 bits per heavy atom. The van der Waals surface area contributed by atoms with Crippen LogP contribution in [0, 0.1) is 17.3 Å². The molecule has 19 heteroatoms. The maximum absolute atomic E-state index is 14.2. The number of carboxylic acids is 1. The maximum atomic E-state index is 14.2. The van der Waals surface area contributed by atoms with Gasteiger partial charge in [-0.25, -0.2) is 4.79 Å². The largest absolute Gasteiger partial charge is 0.508 e. The SMILES string of the molecule is CCNC(N)=NCCC[C@H](C)C(=O)N[C@@H](CCCN=C(N)N)C(=O)N1CCC[C@H]1C(=O)N[C@@H](Cc1ccc(O)cc1)C(=O)N[C@H](C(=O)N[C@@H](CC(C)C)C(=O)O)C(C)(C)C. The summed E-state index contributed by atoms with van der Waals surface area (Å²) in [7, 11) is 0. The fourth-order valence-corrected chi connectivity index (χ4v) is 6.75. The van der Waals surface area contributed by atoms with E-state index in [9.17, 15) is 39.0 Å². The van der Waals surface area contributed by atoms with E-state index in [1.807, 2.05) is 20.8 Å². The van der Waals surface area contributed by atoms with Gasteiger partial charge < -0.3 is 58.9 Å². The van der Waals surface area contributed by atoms with Crippen molar-refractivity contribution >= 4 is 47.4 Å². The first kappa shape index (κ1) is 50.5. The average molecular weight is 844 g/mol. The molecule has 60 heavy (non-hydrogen) atoms. The van der Waals surface area contributed by atoms with Gasteiger partial charge in [-0.15, -0.1) is 0 Å². The van der Waals surface area contributed by atoms with Gasteiger partial charge in [0.2, 0.25) is 29.5 Å². The van der Waals surface area contributed by atoms with E-state index >= 15 is 0 Å². The molecule has 336 valence electrons. The van der Waals surface area contributed by atoms with Crippen molar-refractivity contribution in [1.82, 2.24) is 31.5 Å². The summed E-state index contributed by atoms with van der Waals surface area (Å²) in [6.07, 6.45) is 2.50. The molecule has 1 aromatic rings. The lowest BCUT2D eigenvalue weighted by molar-refractivity contribution is -0.144. The summed E-state index contributed by atoms with van der Waals surface area (Å²) in [6, 6.07) is 0.428. The van der Waals surface area contributed by atoms with Crippen LogP contribution in [0.3, 0.4) is 0 Å². The van der Waals surface area contributed by atoms with E-state index in [0.29, 0.717) is 50.3 Å². The van der Waals surface area contributed by atoms with Crippen molar-refractivity contribution in [1.29, 1.82) is 0 Å². The number of carbonyl (C=O) groups is 6. The molecule has 1 heterocycles. The minimum absolute atomic E-state index is 0.00334. The summed E-state index contributed by atoms with van der Waals surface area (Å²) < 4.78 is 0. The van der Waals surface area contributed by atoms with Crippen molar-refractivity contribution in [3.63, 3.8) is 0 Å².